The zero-order chi connectivity index (χ0) is 14.9. The zero-order valence-electron chi connectivity index (χ0n) is 9.93. The molecule has 1 aromatic rings. The van der Waals surface area contributed by atoms with Crippen LogP contribution in [0.2, 0.25) is 0 Å². The number of rotatable bonds is 4. The van der Waals surface area contributed by atoms with Crippen LogP contribution in [0.5, 0.6) is 0 Å². The molecule has 1 fully saturated rings. The molecule has 4 atom stereocenters. The largest absolute Gasteiger partial charge is 0.406 e. The third-order valence-electron chi connectivity index (χ3n) is 2.96. The minimum absolute atomic E-state index is 0.540. The quantitative estimate of drug-likeness (QED) is 0.365. The van der Waals surface area contributed by atoms with Crippen LogP contribution in [-0.4, -0.2) is 44.6 Å². The Kier molecular flexibility index (Phi) is 3.92. The van der Waals surface area contributed by atoms with E-state index >= 15 is 0 Å². The summed E-state index contributed by atoms with van der Waals surface area (Å²) in [6.45, 7) is -0.540. The van der Waals surface area contributed by atoms with E-state index in [4.69, 9.17) is 15.4 Å². The second-order valence-electron chi connectivity index (χ2n) is 4.14. The van der Waals surface area contributed by atoms with Crippen LogP contribution in [0.15, 0.2) is 21.0 Å². The molecule has 11 heteroatoms. The van der Waals surface area contributed by atoms with E-state index in [9.17, 15) is 19.1 Å². The molecule has 20 heavy (non-hydrogen) atoms. The van der Waals surface area contributed by atoms with Gasteiger partial charge < -0.3 is 25.9 Å². The average Bonchev–Trinajstić information content (AvgIpc) is 2.72. The van der Waals surface area contributed by atoms with E-state index in [-0.39, 0.29) is 0 Å². The van der Waals surface area contributed by atoms with Crippen molar-refractivity contribution >= 4 is 0 Å². The first-order valence-corrected chi connectivity index (χ1v) is 5.54. The summed E-state index contributed by atoms with van der Waals surface area (Å²) in [5.74, 6) is -1.23. The van der Waals surface area contributed by atoms with Crippen molar-refractivity contribution in [2.24, 2.45) is 5.22 Å². The third-order valence-corrected chi connectivity index (χ3v) is 2.96. The highest BCUT2D eigenvalue weighted by atomic mass is 19.1. The molecule has 0 aromatic carbocycles. The van der Waals surface area contributed by atoms with Crippen LogP contribution >= 0.6 is 0 Å². The van der Waals surface area contributed by atoms with Gasteiger partial charge in [-0.05, 0) is 0 Å². The van der Waals surface area contributed by atoms with Crippen molar-refractivity contribution in [3.8, 4) is 0 Å². The van der Waals surface area contributed by atoms with E-state index < -0.39 is 48.2 Å². The highest BCUT2D eigenvalue weighted by Gasteiger charge is 2.42. The van der Waals surface area contributed by atoms with E-state index in [1.807, 2.05) is 0 Å². The molecule has 0 unspecified atom stereocenters. The van der Waals surface area contributed by atoms with Gasteiger partial charge in [0.25, 0.3) is 5.56 Å². The highest BCUT2D eigenvalue weighted by molar-refractivity contribution is 4.97. The lowest BCUT2D eigenvalue weighted by molar-refractivity contribution is -0.0537. The molecule has 2 heterocycles. The van der Waals surface area contributed by atoms with Crippen LogP contribution in [-0.2, 0) is 4.74 Å². The summed E-state index contributed by atoms with van der Waals surface area (Å²) < 4.78 is 19.0. The van der Waals surface area contributed by atoms with E-state index in [1.54, 1.807) is 4.98 Å². The number of aliphatic hydroxyl groups excluding tert-OH is 2. The van der Waals surface area contributed by atoms with E-state index in [0.717, 1.165) is 0 Å². The Morgan fingerprint density at radius 2 is 2.30 bits per heavy atom. The maximum absolute atomic E-state index is 13.2. The molecule has 0 aliphatic carbocycles. The van der Waals surface area contributed by atoms with Crippen molar-refractivity contribution in [3.63, 3.8) is 0 Å². The van der Waals surface area contributed by atoms with Crippen molar-refractivity contribution in [2.75, 3.05) is 6.61 Å². The summed E-state index contributed by atoms with van der Waals surface area (Å²) in [6, 6.07) is -1.02. The number of hydrogen-bond acceptors (Lipinski definition) is 6. The lowest BCUT2D eigenvalue weighted by Gasteiger charge is -2.23. The molecule has 110 valence electrons. The summed E-state index contributed by atoms with van der Waals surface area (Å²) >= 11 is 0. The Morgan fingerprint density at radius 3 is 2.90 bits per heavy atom. The number of H-pyrrole nitrogens is 1. The Hall–Kier alpha value is -2.11. The molecule has 0 spiro atoms. The fourth-order valence-electron chi connectivity index (χ4n) is 2.00. The molecule has 0 radical (unpaired) electrons. The van der Waals surface area contributed by atoms with Gasteiger partial charge >= 0.3 is 5.69 Å². The van der Waals surface area contributed by atoms with Crippen LogP contribution < -0.4 is 16.7 Å². The fraction of sp³-hybridized carbons (Fsp3) is 0.556. The SMILES string of the molecule is [N-]=NN[C@H]1[C@@H](O)[C@H](n2cc(F)c(=O)[nH]c2=O)O[C@@H]1CO. The van der Waals surface area contributed by atoms with Gasteiger partial charge in [-0.25, -0.2) is 4.79 Å². The second kappa shape index (κ2) is 5.48. The number of hydrogen-bond donors (Lipinski definition) is 4. The van der Waals surface area contributed by atoms with E-state index in [0.29, 0.717) is 10.8 Å². The minimum atomic E-state index is -1.42. The van der Waals surface area contributed by atoms with E-state index in [2.05, 4.69) is 10.6 Å². The molecule has 10 nitrogen and oxygen atoms in total. The van der Waals surface area contributed by atoms with Crippen LogP contribution in [0.4, 0.5) is 4.39 Å². The van der Waals surface area contributed by atoms with Crippen LogP contribution in [0.3, 0.4) is 0 Å². The van der Waals surface area contributed by atoms with Gasteiger partial charge in [-0.15, -0.1) is 0 Å². The molecule has 0 saturated carbocycles. The topological polar surface area (TPSA) is 151 Å². The number of aliphatic hydroxyl groups is 2. The molecular formula is C9H11FN5O5-. The summed E-state index contributed by atoms with van der Waals surface area (Å²) in [7, 11) is 0. The number of nitrogens with zero attached hydrogens (tertiary/aromatic N) is 3. The van der Waals surface area contributed by atoms with Crippen LogP contribution in [0.1, 0.15) is 6.23 Å². The fourth-order valence-corrected chi connectivity index (χ4v) is 2.00. The number of halogens is 1. The van der Waals surface area contributed by atoms with Gasteiger partial charge in [-0.3, -0.25) is 19.6 Å². The number of nitrogens with one attached hydrogen (secondary N) is 2. The molecule has 1 aromatic heterocycles. The van der Waals surface area contributed by atoms with Crippen molar-refractivity contribution < 1.29 is 19.3 Å². The van der Waals surface area contributed by atoms with Gasteiger partial charge in [0.05, 0.1) is 18.9 Å². The van der Waals surface area contributed by atoms with Crippen molar-refractivity contribution in [3.05, 3.63) is 38.4 Å². The molecule has 1 aliphatic rings. The first-order chi connectivity index (χ1) is 9.49. The molecule has 2 rings (SSSR count). The Labute approximate surface area is 110 Å². The summed E-state index contributed by atoms with van der Waals surface area (Å²) in [5.41, 5.74) is 8.36. The monoisotopic (exact) mass is 288 g/mol. The van der Waals surface area contributed by atoms with E-state index in [1.165, 1.54) is 0 Å². The number of ether oxygens (including phenoxy) is 1. The van der Waals surface area contributed by atoms with Crippen LogP contribution in [0, 0.1) is 5.82 Å². The molecule has 0 bridgehead atoms. The highest BCUT2D eigenvalue weighted by Crippen LogP contribution is 2.28. The number of aromatic nitrogens is 2. The van der Waals surface area contributed by atoms with Gasteiger partial charge in [0.1, 0.15) is 6.10 Å². The normalized spacial score (nSPS) is 29.4. The first kappa shape index (κ1) is 14.3. The molecule has 4 N–H and O–H groups in total. The average molecular weight is 288 g/mol. The van der Waals surface area contributed by atoms with Gasteiger partial charge in [0, 0.05) is 6.04 Å². The minimum Gasteiger partial charge on any atom is -0.406 e. The van der Waals surface area contributed by atoms with Gasteiger partial charge in [0.2, 0.25) is 5.82 Å². The predicted molar refractivity (Wildman–Crippen MR) is 61.0 cm³/mol. The lowest BCUT2D eigenvalue weighted by atomic mass is 10.1. The van der Waals surface area contributed by atoms with Crippen molar-refractivity contribution in [2.45, 2.75) is 24.5 Å². The van der Waals surface area contributed by atoms with Crippen LogP contribution in [0.25, 0.3) is 5.53 Å². The zero-order valence-corrected chi connectivity index (χ0v) is 9.93. The molecular weight excluding hydrogens is 277 g/mol. The standard InChI is InChI=1S/C9H11FN5O5/c10-3-1-15(9(19)12-7(3)18)8-6(17)5(13-14-11)4(2-16)20-8/h1,4-6,8,16-17H,2H2,(H2-,11,12,13,18,19)/q-1/t4-,5-,6-,8-/m1/s1. The van der Waals surface area contributed by atoms with Gasteiger partial charge in [-0.1, -0.05) is 0 Å². The maximum atomic E-state index is 13.2. The molecule has 1 saturated heterocycles. The molecule has 1 aliphatic heterocycles. The van der Waals surface area contributed by atoms with Crippen molar-refractivity contribution in [1.82, 2.24) is 15.0 Å². The molecule has 0 amide bonds. The lowest BCUT2D eigenvalue weighted by Crippen LogP contribution is -2.44. The third kappa shape index (κ3) is 2.33. The number of aromatic amines is 1. The van der Waals surface area contributed by atoms with Crippen molar-refractivity contribution in [1.29, 1.82) is 0 Å². The van der Waals surface area contributed by atoms with Gasteiger partial charge in [0.15, 0.2) is 6.23 Å². The summed E-state index contributed by atoms with van der Waals surface area (Å²) in [6.07, 6.45) is -3.19. The predicted octanol–water partition coefficient (Wildman–Crippen LogP) is -2.18. The summed E-state index contributed by atoms with van der Waals surface area (Å²) in [4.78, 5) is 24.2. The van der Waals surface area contributed by atoms with Gasteiger partial charge in [-0.2, -0.15) is 4.39 Å². The Balaban J connectivity index is 2.39. The second-order valence-corrected chi connectivity index (χ2v) is 4.14. The maximum Gasteiger partial charge on any atom is 0.330 e. The summed E-state index contributed by atoms with van der Waals surface area (Å²) in [5, 5.41) is 21.7. The Morgan fingerprint density at radius 1 is 1.60 bits per heavy atom. The smallest absolute Gasteiger partial charge is 0.330 e. The Bertz CT molecular complexity index is 615. The first-order valence-electron chi connectivity index (χ1n) is 5.54.